The van der Waals surface area contributed by atoms with Crippen molar-refractivity contribution in [3.8, 4) is 0 Å². The molecule has 166 valence electrons. The molecule has 1 aromatic heterocycles. The standard InChI is InChI=1S/C23H25N5O2S2/c1-15-6-8-17(9-7-15)24-20(29)22-27-26-21(32-22)16-10-12-28(13-11-16)23(30)25-18-4-3-5-19(14-18)31-2/h3-9,14,16H,10-13H2,1-2H3,(H,24,29)(H,25,30). The second kappa shape index (κ2) is 10.1. The summed E-state index contributed by atoms with van der Waals surface area (Å²) in [6, 6.07) is 15.4. The molecule has 0 saturated carbocycles. The normalized spacial score (nSPS) is 14.2. The van der Waals surface area contributed by atoms with Gasteiger partial charge in [0.15, 0.2) is 0 Å². The number of hydrogen-bond acceptors (Lipinski definition) is 6. The van der Waals surface area contributed by atoms with E-state index >= 15 is 0 Å². The number of nitrogens with one attached hydrogen (secondary N) is 2. The number of carbonyl (C=O) groups is 2. The molecule has 0 radical (unpaired) electrons. The van der Waals surface area contributed by atoms with Crippen molar-refractivity contribution >= 4 is 46.4 Å². The van der Waals surface area contributed by atoms with Gasteiger partial charge in [-0.05, 0) is 56.4 Å². The van der Waals surface area contributed by atoms with Crippen molar-refractivity contribution < 1.29 is 9.59 Å². The van der Waals surface area contributed by atoms with Crippen LogP contribution in [0, 0.1) is 6.92 Å². The number of aromatic nitrogens is 2. The SMILES string of the molecule is CSc1cccc(NC(=O)N2CCC(c3nnc(C(=O)Nc4ccc(C)cc4)s3)CC2)c1. The smallest absolute Gasteiger partial charge is 0.321 e. The van der Waals surface area contributed by atoms with Gasteiger partial charge in [0.1, 0.15) is 5.01 Å². The van der Waals surface area contributed by atoms with Gasteiger partial charge in [0.2, 0.25) is 5.01 Å². The number of likely N-dealkylation sites (tertiary alicyclic amines) is 1. The van der Waals surface area contributed by atoms with Gasteiger partial charge in [0.05, 0.1) is 0 Å². The number of hydrogen-bond donors (Lipinski definition) is 2. The third-order valence-electron chi connectivity index (χ3n) is 5.40. The number of urea groups is 1. The van der Waals surface area contributed by atoms with Gasteiger partial charge in [0.25, 0.3) is 5.91 Å². The minimum absolute atomic E-state index is 0.0860. The van der Waals surface area contributed by atoms with E-state index < -0.39 is 0 Å². The molecule has 0 atom stereocenters. The molecule has 1 saturated heterocycles. The summed E-state index contributed by atoms with van der Waals surface area (Å²) in [5.41, 5.74) is 2.67. The highest BCUT2D eigenvalue weighted by Crippen LogP contribution is 2.31. The Morgan fingerprint density at radius 2 is 1.78 bits per heavy atom. The van der Waals surface area contributed by atoms with E-state index in [0.717, 1.165) is 39.7 Å². The van der Waals surface area contributed by atoms with Gasteiger partial charge in [-0.25, -0.2) is 4.79 Å². The van der Waals surface area contributed by atoms with Crippen LogP contribution in [0.4, 0.5) is 16.2 Å². The molecule has 0 spiro atoms. The van der Waals surface area contributed by atoms with Crippen molar-refractivity contribution in [3.63, 3.8) is 0 Å². The van der Waals surface area contributed by atoms with Crippen LogP contribution < -0.4 is 10.6 Å². The highest BCUT2D eigenvalue weighted by molar-refractivity contribution is 7.98. The van der Waals surface area contributed by atoms with Crippen LogP contribution in [0.25, 0.3) is 0 Å². The summed E-state index contributed by atoms with van der Waals surface area (Å²) in [6.07, 6.45) is 3.61. The zero-order valence-electron chi connectivity index (χ0n) is 18.0. The first-order valence-corrected chi connectivity index (χ1v) is 12.5. The zero-order chi connectivity index (χ0) is 22.5. The first-order chi connectivity index (χ1) is 15.5. The van der Waals surface area contributed by atoms with E-state index in [9.17, 15) is 9.59 Å². The molecule has 3 amide bonds. The third-order valence-corrected chi connectivity index (χ3v) is 7.21. The summed E-state index contributed by atoms with van der Waals surface area (Å²) in [5.74, 6) is -0.0424. The maximum atomic E-state index is 12.6. The van der Waals surface area contributed by atoms with Gasteiger partial charge >= 0.3 is 6.03 Å². The maximum Gasteiger partial charge on any atom is 0.321 e. The molecule has 1 fully saturated rings. The van der Waals surface area contributed by atoms with E-state index in [1.807, 2.05) is 66.6 Å². The number of thioether (sulfide) groups is 1. The van der Waals surface area contributed by atoms with Gasteiger partial charge in [-0.15, -0.1) is 22.0 Å². The lowest BCUT2D eigenvalue weighted by molar-refractivity contribution is 0.102. The monoisotopic (exact) mass is 467 g/mol. The topological polar surface area (TPSA) is 87.2 Å². The summed E-state index contributed by atoms with van der Waals surface area (Å²) in [5, 5.41) is 15.4. The predicted octanol–water partition coefficient (Wildman–Crippen LogP) is 5.23. The minimum atomic E-state index is -0.248. The van der Waals surface area contributed by atoms with Gasteiger partial charge in [-0.3, -0.25) is 4.79 Å². The van der Waals surface area contributed by atoms with E-state index in [2.05, 4.69) is 20.8 Å². The van der Waals surface area contributed by atoms with Crippen molar-refractivity contribution in [1.29, 1.82) is 0 Å². The summed E-state index contributed by atoms with van der Waals surface area (Å²) in [6.45, 7) is 3.28. The molecule has 3 aromatic rings. The molecular formula is C23H25N5O2S2. The fraction of sp³-hybridized carbons (Fsp3) is 0.304. The summed E-state index contributed by atoms with van der Waals surface area (Å²) >= 11 is 2.97. The average Bonchev–Trinajstić information content (AvgIpc) is 3.31. The lowest BCUT2D eigenvalue weighted by atomic mass is 9.98. The molecule has 0 unspecified atom stereocenters. The van der Waals surface area contributed by atoms with E-state index in [1.165, 1.54) is 11.3 Å². The van der Waals surface area contributed by atoms with E-state index in [-0.39, 0.29) is 17.9 Å². The van der Waals surface area contributed by atoms with Crippen molar-refractivity contribution in [2.45, 2.75) is 30.6 Å². The second-order valence-electron chi connectivity index (χ2n) is 7.69. The van der Waals surface area contributed by atoms with Crippen LogP contribution in [0.1, 0.15) is 39.1 Å². The second-order valence-corrected chi connectivity index (χ2v) is 9.58. The number of carbonyl (C=O) groups excluding carboxylic acids is 2. The van der Waals surface area contributed by atoms with Crippen molar-refractivity contribution in [2.75, 3.05) is 30.0 Å². The van der Waals surface area contributed by atoms with Crippen LogP contribution in [-0.2, 0) is 0 Å². The lowest BCUT2D eigenvalue weighted by Crippen LogP contribution is -2.40. The van der Waals surface area contributed by atoms with Crippen LogP contribution in [0.3, 0.4) is 0 Å². The Balaban J connectivity index is 1.30. The number of anilines is 2. The van der Waals surface area contributed by atoms with E-state index in [1.54, 1.807) is 11.8 Å². The minimum Gasteiger partial charge on any atom is -0.324 e. The quantitative estimate of drug-likeness (QED) is 0.502. The van der Waals surface area contributed by atoms with Crippen LogP contribution in [0.5, 0.6) is 0 Å². The molecule has 0 aliphatic carbocycles. The number of amides is 3. The lowest BCUT2D eigenvalue weighted by Gasteiger charge is -2.31. The highest BCUT2D eigenvalue weighted by Gasteiger charge is 2.27. The molecule has 1 aliphatic rings. The Kier molecular flexibility index (Phi) is 7.06. The van der Waals surface area contributed by atoms with E-state index in [0.29, 0.717) is 18.1 Å². The molecule has 7 nitrogen and oxygen atoms in total. The largest absolute Gasteiger partial charge is 0.324 e. The Bertz CT molecular complexity index is 1090. The Morgan fingerprint density at radius 3 is 2.50 bits per heavy atom. The van der Waals surface area contributed by atoms with Crippen molar-refractivity contribution in [1.82, 2.24) is 15.1 Å². The highest BCUT2D eigenvalue weighted by atomic mass is 32.2. The average molecular weight is 468 g/mol. The van der Waals surface area contributed by atoms with Gasteiger partial charge < -0.3 is 15.5 Å². The first-order valence-electron chi connectivity index (χ1n) is 10.4. The molecule has 9 heteroatoms. The number of nitrogens with zero attached hydrogens (tertiary/aromatic N) is 3. The van der Waals surface area contributed by atoms with Crippen LogP contribution in [0.15, 0.2) is 53.4 Å². The molecule has 2 N–H and O–H groups in total. The fourth-order valence-electron chi connectivity index (χ4n) is 3.55. The van der Waals surface area contributed by atoms with Crippen LogP contribution in [-0.4, -0.2) is 46.4 Å². The predicted molar refractivity (Wildman–Crippen MR) is 130 cm³/mol. The number of piperidine rings is 1. The number of benzene rings is 2. The van der Waals surface area contributed by atoms with E-state index in [4.69, 9.17) is 0 Å². The molecule has 1 aliphatic heterocycles. The van der Waals surface area contributed by atoms with Crippen molar-refractivity contribution in [2.24, 2.45) is 0 Å². The molecular weight excluding hydrogens is 442 g/mol. The van der Waals surface area contributed by atoms with Gasteiger partial charge in [0, 0.05) is 35.3 Å². The zero-order valence-corrected chi connectivity index (χ0v) is 19.6. The Hall–Kier alpha value is -2.91. The molecule has 0 bridgehead atoms. The Morgan fingerprint density at radius 1 is 1.03 bits per heavy atom. The first kappa shape index (κ1) is 22.3. The number of rotatable bonds is 5. The molecule has 2 heterocycles. The van der Waals surface area contributed by atoms with Crippen molar-refractivity contribution in [3.05, 3.63) is 64.1 Å². The summed E-state index contributed by atoms with van der Waals surface area (Å²) in [7, 11) is 0. The molecule has 4 rings (SSSR count). The molecule has 2 aromatic carbocycles. The summed E-state index contributed by atoms with van der Waals surface area (Å²) in [4.78, 5) is 28.1. The number of aryl methyl sites for hydroxylation is 1. The van der Waals surface area contributed by atoms with Crippen LogP contribution in [0.2, 0.25) is 0 Å². The Labute approximate surface area is 195 Å². The maximum absolute atomic E-state index is 12.6. The summed E-state index contributed by atoms with van der Waals surface area (Å²) < 4.78 is 0. The van der Waals surface area contributed by atoms with Crippen LogP contribution >= 0.6 is 23.1 Å². The fourth-order valence-corrected chi connectivity index (χ4v) is 4.91. The van der Waals surface area contributed by atoms with Gasteiger partial charge in [-0.2, -0.15) is 0 Å². The molecule has 32 heavy (non-hydrogen) atoms. The van der Waals surface area contributed by atoms with Gasteiger partial charge in [-0.1, -0.05) is 35.1 Å². The third kappa shape index (κ3) is 5.46.